The van der Waals surface area contributed by atoms with E-state index in [0.717, 1.165) is 0 Å². The zero-order chi connectivity index (χ0) is 8.31. The van der Waals surface area contributed by atoms with Crippen LogP contribution in [0.3, 0.4) is 0 Å². The maximum atomic E-state index is 9.63. The van der Waals surface area contributed by atoms with Gasteiger partial charge in [-0.1, -0.05) is 0 Å². The van der Waals surface area contributed by atoms with Crippen molar-refractivity contribution in [2.75, 3.05) is 0 Å². The Morgan fingerprint density at radius 1 is 1.00 bits per heavy atom. The third-order valence-electron chi connectivity index (χ3n) is 0.782. The molecule has 6 nitrogen and oxygen atoms in total. The van der Waals surface area contributed by atoms with E-state index in [1.54, 1.807) is 0 Å². The van der Waals surface area contributed by atoms with E-state index in [9.17, 15) is 19.8 Å². The number of aliphatic carboxylic acids is 2. The van der Waals surface area contributed by atoms with E-state index in [0.29, 0.717) is 0 Å². The van der Waals surface area contributed by atoms with E-state index in [1.165, 1.54) is 0 Å². The first-order chi connectivity index (χ1) is 4.46. The number of carbonyl (C=O) groups excluding carboxylic acids is 2. The predicted octanol–water partition coefficient (Wildman–Crippen LogP) is -5.55. The van der Waals surface area contributed by atoms with Gasteiger partial charge in [0.25, 0.3) is 0 Å². The molecule has 0 heterocycles. The van der Waals surface area contributed by atoms with Gasteiger partial charge in [0.15, 0.2) is 0 Å². The molecule has 0 bridgehead atoms. The number of carboxylic acid groups (broad SMARTS) is 2. The van der Waals surface area contributed by atoms with Gasteiger partial charge in [0.2, 0.25) is 0 Å². The minimum Gasteiger partial charge on any atom is -0.547 e. The number of hydrogen-bond donors (Lipinski definition) is 2. The minimum atomic E-state index is -2.44. The Morgan fingerprint density at radius 2 is 1.17 bits per heavy atom. The third-order valence-corrected chi connectivity index (χ3v) is 0.782. The van der Waals surface area contributed by atoms with Crippen molar-refractivity contribution >= 4 is 74.1 Å². The fourth-order valence-corrected chi connectivity index (χ4v) is 0.258. The first kappa shape index (κ1) is 18.7. The first-order valence-corrected chi connectivity index (χ1v) is 2.24. The summed E-state index contributed by atoms with van der Waals surface area (Å²) in [6, 6.07) is 0. The largest absolute Gasteiger partial charge is 3.00 e. The van der Waals surface area contributed by atoms with E-state index in [-0.39, 0.29) is 62.2 Å². The zero-order valence-corrected chi connectivity index (χ0v) is 10.6. The quantitative estimate of drug-likeness (QED) is 0.502. The van der Waals surface area contributed by atoms with Crippen LogP contribution in [0.4, 0.5) is 0 Å². The maximum absolute atomic E-state index is 9.63. The third kappa shape index (κ3) is 6.45. The van der Waals surface area contributed by atoms with Crippen molar-refractivity contribution in [3.63, 3.8) is 0 Å². The summed E-state index contributed by atoms with van der Waals surface area (Å²) in [6.45, 7) is 0. The maximum Gasteiger partial charge on any atom is 3.00 e. The van der Waals surface area contributed by atoms with Crippen LogP contribution in [0.5, 0.6) is 0 Å². The molecular weight excluding hydrogens is 306 g/mol. The molecule has 8 heteroatoms. The molecule has 12 heavy (non-hydrogen) atoms. The molecule has 2 N–H and O–H groups in total. The summed E-state index contributed by atoms with van der Waals surface area (Å²) >= 11 is 0. The van der Waals surface area contributed by atoms with Crippen LogP contribution in [0.1, 0.15) is 0 Å². The SMILES string of the molecule is O=C([O-])C(O)C(O)C(=O)[O-].[Ca+2].[Sb+3]. The summed E-state index contributed by atoms with van der Waals surface area (Å²) in [7, 11) is 0. The molecular formula is C4H4CaO6Sb+3. The second-order valence-electron chi connectivity index (χ2n) is 1.53. The molecule has 0 amide bonds. The van der Waals surface area contributed by atoms with Crippen molar-refractivity contribution in [2.24, 2.45) is 0 Å². The second-order valence-corrected chi connectivity index (χ2v) is 1.53. The van der Waals surface area contributed by atoms with Crippen LogP contribution in [0, 0.1) is 0 Å². The first-order valence-electron chi connectivity index (χ1n) is 2.24. The Bertz CT molecular complexity index is 144. The number of aliphatic hydroxyl groups is 2. The van der Waals surface area contributed by atoms with E-state index in [2.05, 4.69) is 0 Å². The van der Waals surface area contributed by atoms with Crippen LogP contribution in [0.15, 0.2) is 0 Å². The molecule has 0 aromatic carbocycles. The van der Waals surface area contributed by atoms with Crippen LogP contribution in [-0.2, 0) is 9.59 Å². The molecule has 0 aliphatic rings. The summed E-state index contributed by atoms with van der Waals surface area (Å²) in [4.78, 5) is 19.3. The van der Waals surface area contributed by atoms with Crippen LogP contribution in [-0.4, -0.2) is 96.5 Å². The molecule has 0 aromatic heterocycles. The normalized spacial score (nSPS) is 13.2. The van der Waals surface area contributed by atoms with Gasteiger partial charge in [-0.3, -0.25) is 0 Å². The second kappa shape index (κ2) is 8.53. The van der Waals surface area contributed by atoms with Gasteiger partial charge in [-0.15, -0.1) is 0 Å². The Hall–Kier alpha value is 0.938. The number of rotatable bonds is 3. The fourth-order valence-electron chi connectivity index (χ4n) is 0.258. The van der Waals surface area contributed by atoms with Gasteiger partial charge in [0.05, 0.1) is 11.9 Å². The van der Waals surface area contributed by atoms with E-state index >= 15 is 0 Å². The average molecular weight is 310 g/mol. The Kier molecular flexibility index (Phi) is 13.3. The summed E-state index contributed by atoms with van der Waals surface area (Å²) in [6.07, 6.45) is -4.88. The van der Waals surface area contributed by atoms with Crippen LogP contribution < -0.4 is 10.2 Å². The fraction of sp³-hybridized carbons (Fsp3) is 0.500. The number of aliphatic hydroxyl groups excluding tert-OH is 2. The van der Waals surface area contributed by atoms with Crippen molar-refractivity contribution in [3.8, 4) is 0 Å². The molecule has 0 aliphatic carbocycles. The molecule has 0 rings (SSSR count). The summed E-state index contributed by atoms with van der Waals surface area (Å²) in [5, 5.41) is 35.7. The standard InChI is InChI=1S/C4H6O6.Ca.Sb/c5-1(3(7)8)2(6)4(9)10;;/h1-2,5-6H,(H,7,8)(H,9,10);;/q;+2;+3/p-2. The van der Waals surface area contributed by atoms with Crippen LogP contribution >= 0.6 is 0 Å². The predicted molar refractivity (Wildman–Crippen MR) is 33.5 cm³/mol. The smallest absolute Gasteiger partial charge is 0.547 e. The summed E-state index contributed by atoms with van der Waals surface area (Å²) < 4.78 is 0. The van der Waals surface area contributed by atoms with Crippen molar-refractivity contribution in [3.05, 3.63) is 0 Å². The molecule has 60 valence electrons. The van der Waals surface area contributed by atoms with E-state index in [1.807, 2.05) is 0 Å². The van der Waals surface area contributed by atoms with Crippen molar-refractivity contribution in [1.29, 1.82) is 0 Å². The molecule has 0 aliphatic heterocycles. The van der Waals surface area contributed by atoms with Gasteiger partial charge in [0.1, 0.15) is 12.2 Å². The number of carboxylic acids is 2. The van der Waals surface area contributed by atoms with Gasteiger partial charge in [-0.2, -0.15) is 0 Å². The van der Waals surface area contributed by atoms with Gasteiger partial charge in [-0.25, -0.2) is 0 Å². The Morgan fingerprint density at radius 3 is 1.25 bits per heavy atom. The topological polar surface area (TPSA) is 121 Å². The van der Waals surface area contributed by atoms with Crippen molar-refractivity contribution in [1.82, 2.24) is 0 Å². The molecule has 0 saturated carbocycles. The molecule has 0 fully saturated rings. The van der Waals surface area contributed by atoms with Gasteiger partial charge >= 0.3 is 62.2 Å². The minimum absolute atomic E-state index is 0. The molecule has 2 radical (unpaired) electrons. The molecule has 0 aromatic rings. The Balaban J connectivity index is -0.000000405. The number of hydrogen-bond acceptors (Lipinski definition) is 6. The Labute approximate surface area is 115 Å². The monoisotopic (exact) mass is 309 g/mol. The van der Waals surface area contributed by atoms with E-state index in [4.69, 9.17) is 10.2 Å². The van der Waals surface area contributed by atoms with Crippen molar-refractivity contribution < 1.29 is 30.0 Å². The molecule has 0 spiro atoms. The number of carbonyl (C=O) groups is 2. The summed E-state index contributed by atoms with van der Waals surface area (Å²) in [5.41, 5.74) is 0. The molecule has 0 saturated heterocycles. The van der Waals surface area contributed by atoms with Crippen molar-refractivity contribution in [2.45, 2.75) is 12.2 Å². The van der Waals surface area contributed by atoms with Crippen LogP contribution in [0.25, 0.3) is 0 Å². The summed E-state index contributed by atoms with van der Waals surface area (Å²) in [5.74, 6) is -4.12. The van der Waals surface area contributed by atoms with E-state index < -0.39 is 24.1 Å². The van der Waals surface area contributed by atoms with Gasteiger partial charge in [0, 0.05) is 0 Å². The van der Waals surface area contributed by atoms with Gasteiger partial charge < -0.3 is 30.0 Å². The molecule has 2 unspecified atom stereocenters. The zero-order valence-electron chi connectivity index (χ0n) is 5.84. The van der Waals surface area contributed by atoms with Crippen LogP contribution in [0.2, 0.25) is 0 Å². The molecule has 2 atom stereocenters. The average Bonchev–Trinajstić information content (AvgIpc) is 1.84. The van der Waals surface area contributed by atoms with Gasteiger partial charge in [-0.05, 0) is 0 Å².